The van der Waals surface area contributed by atoms with Crippen LogP contribution in [0.3, 0.4) is 0 Å². The van der Waals surface area contributed by atoms with Gasteiger partial charge >= 0.3 is 11.9 Å². The molecule has 0 bridgehead atoms. The Hall–Kier alpha value is -3.22. The summed E-state index contributed by atoms with van der Waals surface area (Å²) in [5, 5.41) is 0.632. The van der Waals surface area contributed by atoms with Crippen LogP contribution in [0.25, 0.3) is 10.9 Å². The maximum Gasteiger partial charge on any atom is 0.360 e. The molecule has 3 aromatic rings. The number of hydrogen-bond acceptors (Lipinski definition) is 5. The molecule has 1 aromatic carbocycles. The van der Waals surface area contributed by atoms with Gasteiger partial charge in [-0.1, -0.05) is 12.1 Å². The largest absolute Gasteiger partial charge is 0.461 e. The first-order valence-corrected chi connectivity index (χ1v) is 8.91. The molecule has 0 aliphatic heterocycles. The van der Waals surface area contributed by atoms with Crippen LogP contribution in [-0.2, 0) is 16.1 Å². The Morgan fingerprint density at radius 3 is 2.46 bits per heavy atom. The number of carbonyl (C=O) groups excluding carboxylic acids is 2. The van der Waals surface area contributed by atoms with E-state index < -0.39 is 11.9 Å². The zero-order chi connectivity index (χ0) is 20.4. The molecule has 0 fully saturated rings. The zero-order valence-corrected chi connectivity index (χ0v) is 16.2. The van der Waals surface area contributed by atoms with Gasteiger partial charge in [-0.15, -0.1) is 0 Å². The summed E-state index contributed by atoms with van der Waals surface area (Å²) >= 11 is 0. The number of pyridine rings is 1. The zero-order valence-electron chi connectivity index (χ0n) is 16.2. The number of esters is 2. The van der Waals surface area contributed by atoms with E-state index in [1.807, 2.05) is 18.4 Å². The van der Waals surface area contributed by atoms with Crippen molar-refractivity contribution in [3.05, 3.63) is 58.8 Å². The fourth-order valence-electron chi connectivity index (χ4n) is 3.18. The molecule has 0 atom stereocenters. The number of rotatable bonds is 5. The Labute approximate surface area is 161 Å². The Bertz CT molecular complexity index is 1050. The van der Waals surface area contributed by atoms with Crippen LogP contribution >= 0.6 is 0 Å². The van der Waals surface area contributed by atoms with E-state index in [9.17, 15) is 14.0 Å². The molecule has 0 spiro atoms. The fraction of sp³-hybridized carbons (Fsp3) is 0.286. The quantitative estimate of drug-likeness (QED) is 0.623. The average Bonchev–Trinajstić information content (AvgIpc) is 2.88. The second-order valence-corrected chi connectivity index (χ2v) is 6.43. The van der Waals surface area contributed by atoms with Crippen LogP contribution in [0.2, 0.25) is 0 Å². The van der Waals surface area contributed by atoms with Crippen LogP contribution in [-0.4, -0.2) is 28.1 Å². The minimum atomic E-state index is -0.649. The normalized spacial score (nSPS) is 10.9. The summed E-state index contributed by atoms with van der Waals surface area (Å²) in [4.78, 5) is 28.2. The Morgan fingerprint density at radius 2 is 1.86 bits per heavy atom. The van der Waals surface area contributed by atoms with Crippen molar-refractivity contribution in [2.45, 2.75) is 34.2 Å². The maximum absolute atomic E-state index is 13.2. The molecule has 7 heteroatoms. The van der Waals surface area contributed by atoms with Gasteiger partial charge in [-0.3, -0.25) is 4.79 Å². The number of aryl methyl sites for hydroxylation is 1. The minimum Gasteiger partial charge on any atom is -0.461 e. The lowest BCUT2D eigenvalue weighted by atomic mass is 10.1. The predicted octanol–water partition coefficient (Wildman–Crippen LogP) is 3.94. The number of nitrogens with zero attached hydrogens (tertiary/aromatic N) is 2. The number of hydrogen-bond donors (Lipinski definition) is 0. The fourth-order valence-corrected chi connectivity index (χ4v) is 3.18. The number of carbonyl (C=O) groups is 2. The van der Waals surface area contributed by atoms with Crippen LogP contribution < -0.4 is 4.74 Å². The Morgan fingerprint density at radius 1 is 1.18 bits per heavy atom. The van der Waals surface area contributed by atoms with Crippen LogP contribution in [0.4, 0.5) is 4.39 Å². The molecule has 146 valence electrons. The average molecular weight is 384 g/mol. The highest BCUT2D eigenvalue weighted by molar-refractivity contribution is 6.01. The summed E-state index contributed by atoms with van der Waals surface area (Å²) < 4.78 is 25.6. The molecule has 0 radical (unpaired) electrons. The molecule has 28 heavy (non-hydrogen) atoms. The van der Waals surface area contributed by atoms with Crippen molar-refractivity contribution in [1.29, 1.82) is 0 Å². The summed E-state index contributed by atoms with van der Waals surface area (Å²) in [6.07, 6.45) is 1.57. The van der Waals surface area contributed by atoms with Gasteiger partial charge in [-0.2, -0.15) is 0 Å². The number of benzene rings is 1. The molecule has 0 saturated carbocycles. The van der Waals surface area contributed by atoms with E-state index in [1.54, 1.807) is 25.3 Å². The van der Waals surface area contributed by atoms with Gasteiger partial charge in [0.15, 0.2) is 11.4 Å². The molecule has 0 amide bonds. The number of fused-ring (bicyclic) bond motifs is 1. The Balaban J connectivity index is 2.20. The van der Waals surface area contributed by atoms with Crippen LogP contribution in [0.15, 0.2) is 30.5 Å². The van der Waals surface area contributed by atoms with E-state index in [-0.39, 0.29) is 23.9 Å². The first-order valence-electron chi connectivity index (χ1n) is 8.91. The molecular weight excluding hydrogens is 363 g/mol. The van der Waals surface area contributed by atoms with Crippen molar-refractivity contribution in [1.82, 2.24) is 9.55 Å². The lowest BCUT2D eigenvalue weighted by Gasteiger charge is -2.11. The molecule has 2 heterocycles. The van der Waals surface area contributed by atoms with Gasteiger partial charge in [0.25, 0.3) is 0 Å². The van der Waals surface area contributed by atoms with Crippen molar-refractivity contribution in [3.8, 4) is 5.75 Å². The van der Waals surface area contributed by atoms with E-state index in [0.29, 0.717) is 17.4 Å². The lowest BCUT2D eigenvalue weighted by Crippen LogP contribution is -2.13. The second-order valence-electron chi connectivity index (χ2n) is 6.43. The number of aromatic nitrogens is 2. The van der Waals surface area contributed by atoms with Gasteiger partial charge in [0.05, 0.1) is 18.3 Å². The van der Waals surface area contributed by atoms with E-state index in [4.69, 9.17) is 9.47 Å². The smallest absolute Gasteiger partial charge is 0.360 e. The molecule has 0 N–H and O–H groups in total. The highest BCUT2D eigenvalue weighted by Gasteiger charge is 2.25. The third-order valence-corrected chi connectivity index (χ3v) is 4.60. The molecule has 0 saturated heterocycles. The van der Waals surface area contributed by atoms with Crippen molar-refractivity contribution < 1.29 is 23.5 Å². The highest BCUT2D eigenvalue weighted by atomic mass is 19.1. The van der Waals surface area contributed by atoms with Gasteiger partial charge in [-0.25, -0.2) is 14.2 Å². The second kappa shape index (κ2) is 7.80. The standard InChI is InChI=1S/C21H21FN2O4/c1-5-27-21(26)19-20(28-14(4)25)18-12(2)13(3)24(17(18)10-23-19)11-15-6-8-16(22)9-7-15/h6-10H,5,11H2,1-4H3. The maximum atomic E-state index is 13.2. The van der Waals surface area contributed by atoms with Crippen LogP contribution in [0.1, 0.15) is 41.2 Å². The van der Waals surface area contributed by atoms with Gasteiger partial charge in [0, 0.05) is 24.5 Å². The summed E-state index contributed by atoms with van der Waals surface area (Å²) in [6, 6.07) is 6.24. The van der Waals surface area contributed by atoms with Crippen LogP contribution in [0.5, 0.6) is 5.75 Å². The van der Waals surface area contributed by atoms with Gasteiger partial charge in [-0.05, 0) is 44.0 Å². The third kappa shape index (κ3) is 3.60. The summed E-state index contributed by atoms with van der Waals surface area (Å²) in [6.45, 7) is 7.45. The molecular formula is C21H21FN2O4. The molecule has 0 unspecified atom stereocenters. The molecule has 0 aliphatic rings. The molecule has 0 aliphatic carbocycles. The number of halogens is 1. The van der Waals surface area contributed by atoms with Gasteiger partial charge in [0.2, 0.25) is 0 Å². The first kappa shape index (κ1) is 19.5. The van der Waals surface area contributed by atoms with Gasteiger partial charge in [0.1, 0.15) is 5.82 Å². The molecule has 6 nitrogen and oxygen atoms in total. The van der Waals surface area contributed by atoms with E-state index in [0.717, 1.165) is 16.8 Å². The summed E-state index contributed by atoms with van der Waals surface area (Å²) in [5.74, 6) is -1.40. The highest BCUT2D eigenvalue weighted by Crippen LogP contribution is 2.35. The Kier molecular flexibility index (Phi) is 5.44. The van der Waals surface area contributed by atoms with E-state index >= 15 is 0 Å². The summed E-state index contributed by atoms with van der Waals surface area (Å²) in [7, 11) is 0. The first-order chi connectivity index (χ1) is 13.3. The molecule has 3 rings (SSSR count). The number of ether oxygens (including phenoxy) is 2. The lowest BCUT2D eigenvalue weighted by molar-refractivity contribution is -0.131. The van der Waals surface area contributed by atoms with E-state index in [2.05, 4.69) is 4.98 Å². The van der Waals surface area contributed by atoms with Crippen molar-refractivity contribution >= 4 is 22.8 Å². The predicted molar refractivity (Wildman–Crippen MR) is 102 cm³/mol. The minimum absolute atomic E-state index is 0.0356. The third-order valence-electron chi connectivity index (χ3n) is 4.60. The topological polar surface area (TPSA) is 70.4 Å². The van der Waals surface area contributed by atoms with Gasteiger partial charge < -0.3 is 14.0 Å². The van der Waals surface area contributed by atoms with E-state index in [1.165, 1.54) is 19.1 Å². The summed E-state index contributed by atoms with van der Waals surface area (Å²) in [5.41, 5.74) is 3.37. The van der Waals surface area contributed by atoms with Crippen LogP contribution in [0, 0.1) is 19.7 Å². The van der Waals surface area contributed by atoms with Crippen molar-refractivity contribution in [2.75, 3.05) is 6.61 Å². The SMILES string of the molecule is CCOC(=O)c1ncc2c(c(C)c(C)n2Cc2ccc(F)cc2)c1OC(C)=O. The monoisotopic (exact) mass is 384 g/mol. The molecule has 2 aromatic heterocycles. The van der Waals surface area contributed by atoms with Crippen molar-refractivity contribution in [2.24, 2.45) is 0 Å². The van der Waals surface area contributed by atoms with Crippen molar-refractivity contribution in [3.63, 3.8) is 0 Å².